The predicted molar refractivity (Wildman–Crippen MR) is 113 cm³/mol. The van der Waals surface area contributed by atoms with Gasteiger partial charge in [0, 0.05) is 42.3 Å². The van der Waals surface area contributed by atoms with E-state index < -0.39 is 10.0 Å². The molecule has 1 heterocycles. The third-order valence-electron chi connectivity index (χ3n) is 5.04. The first-order valence-corrected chi connectivity index (χ1v) is 10.9. The van der Waals surface area contributed by atoms with Crippen molar-refractivity contribution in [2.24, 2.45) is 5.73 Å². The number of nitrogens with one attached hydrogen (secondary N) is 1. The Morgan fingerprint density at radius 1 is 1.00 bits per heavy atom. The molecule has 7 nitrogen and oxygen atoms in total. The first-order chi connectivity index (χ1) is 13.6. The van der Waals surface area contributed by atoms with Gasteiger partial charge in [0.15, 0.2) is 0 Å². The minimum atomic E-state index is -3.66. The molecule has 0 aromatic heterocycles. The highest BCUT2D eigenvalue weighted by molar-refractivity contribution is 7.89. The molecule has 1 aliphatic heterocycles. The summed E-state index contributed by atoms with van der Waals surface area (Å²) < 4.78 is 27.5. The van der Waals surface area contributed by atoms with Crippen LogP contribution in [0.25, 0.3) is 0 Å². The van der Waals surface area contributed by atoms with Crippen LogP contribution in [0.4, 0.5) is 0 Å². The number of piperazine rings is 1. The van der Waals surface area contributed by atoms with Crippen LogP contribution in [0.15, 0.2) is 41.3 Å². The van der Waals surface area contributed by atoms with Crippen LogP contribution in [0.2, 0.25) is 5.02 Å². The molecular formula is C20H23ClN4O3S. The lowest BCUT2D eigenvalue weighted by Gasteiger charge is -2.34. The highest BCUT2D eigenvalue weighted by Gasteiger charge is 2.31. The van der Waals surface area contributed by atoms with Crippen LogP contribution in [-0.4, -0.2) is 55.5 Å². The monoisotopic (exact) mass is 434 g/mol. The fourth-order valence-corrected chi connectivity index (χ4v) is 5.21. The molecule has 3 rings (SSSR count). The number of carbonyl (C=O) groups is 1. The molecule has 9 heteroatoms. The molecule has 2 aromatic carbocycles. The molecule has 1 saturated heterocycles. The summed E-state index contributed by atoms with van der Waals surface area (Å²) in [5, 5.41) is 7.95. The van der Waals surface area contributed by atoms with Gasteiger partial charge in [-0.05, 0) is 49.2 Å². The number of amides is 1. The summed E-state index contributed by atoms with van der Waals surface area (Å²) in [7, 11) is -3.66. The summed E-state index contributed by atoms with van der Waals surface area (Å²) in [6, 6.07) is 9.77. The lowest BCUT2D eigenvalue weighted by molar-refractivity contribution is 0.0698. The Balaban J connectivity index is 1.72. The van der Waals surface area contributed by atoms with Gasteiger partial charge in [-0.2, -0.15) is 4.31 Å². The zero-order valence-electron chi connectivity index (χ0n) is 16.3. The molecule has 29 heavy (non-hydrogen) atoms. The molecule has 0 unspecified atom stereocenters. The Labute approximate surface area is 175 Å². The SMILES string of the molecule is Cc1cc(S(=O)(=O)N2CCN(C(=O)c3ccc(C(=N)N)cc3)CC2)c(C)cc1Cl. The Bertz CT molecular complexity index is 1060. The number of nitrogens with two attached hydrogens (primary N) is 1. The average Bonchev–Trinajstić information content (AvgIpc) is 2.70. The number of sulfonamides is 1. The Morgan fingerprint density at radius 2 is 1.55 bits per heavy atom. The first-order valence-electron chi connectivity index (χ1n) is 9.12. The summed E-state index contributed by atoms with van der Waals surface area (Å²) in [6.45, 7) is 4.55. The molecule has 2 aromatic rings. The summed E-state index contributed by atoms with van der Waals surface area (Å²) >= 11 is 6.09. The van der Waals surface area contributed by atoms with Gasteiger partial charge in [-0.15, -0.1) is 0 Å². The zero-order valence-corrected chi connectivity index (χ0v) is 17.8. The van der Waals surface area contributed by atoms with Gasteiger partial charge in [0.25, 0.3) is 5.91 Å². The lowest BCUT2D eigenvalue weighted by atomic mass is 10.1. The molecule has 154 valence electrons. The van der Waals surface area contributed by atoms with E-state index in [0.717, 1.165) is 0 Å². The van der Waals surface area contributed by atoms with Crippen molar-refractivity contribution in [3.63, 3.8) is 0 Å². The number of carbonyl (C=O) groups excluding carboxylic acids is 1. The van der Waals surface area contributed by atoms with Gasteiger partial charge >= 0.3 is 0 Å². The van der Waals surface area contributed by atoms with E-state index in [0.29, 0.717) is 40.4 Å². The van der Waals surface area contributed by atoms with E-state index in [1.54, 1.807) is 55.1 Å². The number of nitrogens with zero attached hydrogens (tertiary/aromatic N) is 2. The second-order valence-corrected chi connectivity index (χ2v) is 9.37. The van der Waals surface area contributed by atoms with Gasteiger partial charge in [0.2, 0.25) is 10.0 Å². The lowest BCUT2D eigenvalue weighted by Crippen LogP contribution is -2.50. The van der Waals surface area contributed by atoms with Crippen molar-refractivity contribution in [2.45, 2.75) is 18.7 Å². The van der Waals surface area contributed by atoms with Crippen molar-refractivity contribution in [2.75, 3.05) is 26.2 Å². The molecule has 1 aliphatic rings. The second-order valence-electron chi connectivity index (χ2n) is 7.05. The molecule has 3 N–H and O–H groups in total. The predicted octanol–water partition coefficient (Wildman–Crippen LogP) is 2.39. The quantitative estimate of drug-likeness (QED) is 0.568. The molecule has 0 radical (unpaired) electrons. The van der Waals surface area contributed by atoms with Gasteiger partial charge in [0.05, 0.1) is 4.90 Å². The molecule has 1 fully saturated rings. The third-order valence-corrected chi connectivity index (χ3v) is 7.49. The van der Waals surface area contributed by atoms with Crippen molar-refractivity contribution < 1.29 is 13.2 Å². The van der Waals surface area contributed by atoms with E-state index in [4.69, 9.17) is 22.7 Å². The maximum Gasteiger partial charge on any atom is 0.253 e. The summed E-state index contributed by atoms with van der Waals surface area (Å²) in [6.07, 6.45) is 0. The smallest absolute Gasteiger partial charge is 0.253 e. The summed E-state index contributed by atoms with van der Waals surface area (Å²) in [4.78, 5) is 14.6. The van der Waals surface area contributed by atoms with E-state index in [9.17, 15) is 13.2 Å². The number of nitrogen functional groups attached to an aromatic ring is 1. The number of hydrogen-bond donors (Lipinski definition) is 2. The Morgan fingerprint density at radius 3 is 2.10 bits per heavy atom. The fourth-order valence-electron chi connectivity index (χ4n) is 3.28. The van der Waals surface area contributed by atoms with Crippen LogP contribution < -0.4 is 5.73 Å². The number of benzene rings is 2. The zero-order chi connectivity index (χ0) is 21.3. The van der Waals surface area contributed by atoms with Crippen LogP contribution in [0, 0.1) is 19.3 Å². The van der Waals surface area contributed by atoms with Crippen LogP contribution >= 0.6 is 11.6 Å². The van der Waals surface area contributed by atoms with Crippen molar-refractivity contribution >= 4 is 33.4 Å². The van der Waals surface area contributed by atoms with Gasteiger partial charge in [-0.1, -0.05) is 23.7 Å². The highest BCUT2D eigenvalue weighted by Crippen LogP contribution is 2.27. The minimum absolute atomic E-state index is 0.0597. The third kappa shape index (κ3) is 4.29. The van der Waals surface area contributed by atoms with Crippen LogP contribution in [-0.2, 0) is 10.0 Å². The normalized spacial score (nSPS) is 15.3. The Hall–Kier alpha value is -2.42. The molecule has 0 saturated carbocycles. The average molecular weight is 435 g/mol. The van der Waals surface area contributed by atoms with E-state index in [-0.39, 0.29) is 29.7 Å². The largest absolute Gasteiger partial charge is 0.384 e. The van der Waals surface area contributed by atoms with E-state index >= 15 is 0 Å². The van der Waals surface area contributed by atoms with Crippen molar-refractivity contribution in [1.82, 2.24) is 9.21 Å². The minimum Gasteiger partial charge on any atom is -0.384 e. The number of rotatable bonds is 4. The van der Waals surface area contributed by atoms with Crippen molar-refractivity contribution in [3.05, 3.63) is 63.7 Å². The molecular weight excluding hydrogens is 412 g/mol. The molecule has 0 aliphatic carbocycles. The van der Waals surface area contributed by atoms with Gasteiger partial charge in [-0.3, -0.25) is 10.2 Å². The van der Waals surface area contributed by atoms with Gasteiger partial charge in [-0.25, -0.2) is 8.42 Å². The molecule has 0 bridgehead atoms. The fraction of sp³-hybridized carbons (Fsp3) is 0.300. The van der Waals surface area contributed by atoms with Crippen LogP contribution in [0.5, 0.6) is 0 Å². The van der Waals surface area contributed by atoms with Crippen LogP contribution in [0.1, 0.15) is 27.0 Å². The van der Waals surface area contributed by atoms with Crippen molar-refractivity contribution in [1.29, 1.82) is 5.41 Å². The number of halogens is 1. The molecule has 0 atom stereocenters. The van der Waals surface area contributed by atoms with E-state index in [2.05, 4.69) is 0 Å². The maximum atomic E-state index is 13.1. The number of aryl methyl sites for hydroxylation is 2. The summed E-state index contributed by atoms with van der Waals surface area (Å²) in [5.74, 6) is -0.230. The number of hydrogen-bond acceptors (Lipinski definition) is 4. The first kappa shape index (κ1) is 21.3. The second kappa shape index (κ2) is 8.14. The van der Waals surface area contributed by atoms with E-state index in [1.807, 2.05) is 0 Å². The molecule has 0 spiro atoms. The number of amidine groups is 1. The summed E-state index contributed by atoms with van der Waals surface area (Å²) in [5.41, 5.74) is 7.77. The Kier molecular flexibility index (Phi) is 5.97. The van der Waals surface area contributed by atoms with Crippen LogP contribution in [0.3, 0.4) is 0 Å². The van der Waals surface area contributed by atoms with Crippen molar-refractivity contribution in [3.8, 4) is 0 Å². The van der Waals surface area contributed by atoms with Gasteiger partial charge in [0.1, 0.15) is 5.84 Å². The molecule has 1 amide bonds. The van der Waals surface area contributed by atoms with Gasteiger partial charge < -0.3 is 10.6 Å². The van der Waals surface area contributed by atoms with E-state index in [1.165, 1.54) is 4.31 Å². The maximum absolute atomic E-state index is 13.1. The standard InChI is InChI=1S/C20H23ClN4O3S/c1-13-12-18(14(2)11-17(13)21)29(27,28)25-9-7-24(8-10-25)20(26)16-5-3-15(4-6-16)19(22)23/h3-6,11-12H,7-10H2,1-2H3,(H3,22,23). The topological polar surface area (TPSA) is 108 Å². The highest BCUT2D eigenvalue weighted by atomic mass is 35.5.